The van der Waals surface area contributed by atoms with E-state index in [2.05, 4.69) is 17.0 Å². The first-order valence-electron chi connectivity index (χ1n) is 6.99. The van der Waals surface area contributed by atoms with Crippen LogP contribution in [0.5, 0.6) is 5.75 Å². The number of rotatable bonds is 2. The first-order chi connectivity index (χ1) is 8.78. The topological polar surface area (TPSA) is 38.5 Å². The standard InChI is InChI=1S/C15H22N2O/c1-18-14-9-12(16)8-13(10-14)17-7-6-11-4-2-3-5-15(11)17/h8-11,15H,2-7,16H2,1H3. The van der Waals surface area contributed by atoms with Crippen LogP contribution in [0.1, 0.15) is 32.1 Å². The number of methoxy groups -OCH3 is 1. The molecule has 2 unspecified atom stereocenters. The third-order valence-corrected chi connectivity index (χ3v) is 4.49. The summed E-state index contributed by atoms with van der Waals surface area (Å²) in [6, 6.07) is 6.82. The van der Waals surface area contributed by atoms with Crippen LogP contribution in [0.25, 0.3) is 0 Å². The van der Waals surface area contributed by atoms with Crippen molar-refractivity contribution < 1.29 is 4.74 Å². The fourth-order valence-corrected chi connectivity index (χ4v) is 3.62. The van der Waals surface area contributed by atoms with Crippen LogP contribution in [0, 0.1) is 5.92 Å². The summed E-state index contributed by atoms with van der Waals surface area (Å²) in [5.74, 6) is 1.76. The van der Waals surface area contributed by atoms with Crippen molar-refractivity contribution in [3.05, 3.63) is 18.2 Å². The molecule has 1 aromatic rings. The van der Waals surface area contributed by atoms with Crippen LogP contribution < -0.4 is 15.4 Å². The molecule has 18 heavy (non-hydrogen) atoms. The van der Waals surface area contributed by atoms with Gasteiger partial charge in [0.15, 0.2) is 0 Å². The van der Waals surface area contributed by atoms with Gasteiger partial charge in [0.25, 0.3) is 0 Å². The summed E-state index contributed by atoms with van der Waals surface area (Å²) in [5, 5.41) is 0. The van der Waals surface area contributed by atoms with Gasteiger partial charge in [0.1, 0.15) is 5.75 Å². The Labute approximate surface area is 109 Å². The van der Waals surface area contributed by atoms with Gasteiger partial charge in [0.2, 0.25) is 0 Å². The van der Waals surface area contributed by atoms with E-state index >= 15 is 0 Å². The zero-order chi connectivity index (χ0) is 12.5. The minimum Gasteiger partial charge on any atom is -0.497 e. The highest BCUT2D eigenvalue weighted by molar-refractivity contribution is 5.61. The van der Waals surface area contributed by atoms with Crippen molar-refractivity contribution in [1.29, 1.82) is 0 Å². The van der Waals surface area contributed by atoms with E-state index in [0.717, 1.165) is 23.4 Å². The molecular weight excluding hydrogens is 224 g/mol. The molecule has 1 aliphatic carbocycles. The monoisotopic (exact) mass is 246 g/mol. The third-order valence-electron chi connectivity index (χ3n) is 4.49. The molecule has 2 N–H and O–H groups in total. The van der Waals surface area contributed by atoms with E-state index < -0.39 is 0 Å². The first kappa shape index (κ1) is 11.7. The lowest BCUT2D eigenvalue weighted by Crippen LogP contribution is -2.34. The predicted octanol–water partition coefficient (Wildman–Crippen LogP) is 3.05. The van der Waals surface area contributed by atoms with Gasteiger partial charge >= 0.3 is 0 Å². The van der Waals surface area contributed by atoms with E-state index in [1.165, 1.54) is 44.3 Å². The largest absolute Gasteiger partial charge is 0.497 e. The number of benzene rings is 1. The molecule has 3 nitrogen and oxygen atoms in total. The number of hydrogen-bond donors (Lipinski definition) is 1. The third kappa shape index (κ3) is 2.02. The van der Waals surface area contributed by atoms with Crippen molar-refractivity contribution >= 4 is 11.4 Å². The summed E-state index contributed by atoms with van der Waals surface area (Å²) in [4.78, 5) is 2.54. The molecule has 1 saturated carbocycles. The molecule has 1 aromatic carbocycles. The summed E-state index contributed by atoms with van der Waals surface area (Å²) in [6.07, 6.45) is 6.86. The lowest BCUT2D eigenvalue weighted by Gasteiger charge is -2.33. The van der Waals surface area contributed by atoms with Gasteiger partial charge in [0.05, 0.1) is 7.11 Å². The van der Waals surface area contributed by atoms with Crippen molar-refractivity contribution in [1.82, 2.24) is 0 Å². The van der Waals surface area contributed by atoms with Crippen molar-refractivity contribution in [3.8, 4) is 5.75 Å². The van der Waals surface area contributed by atoms with Crippen molar-refractivity contribution in [3.63, 3.8) is 0 Å². The van der Waals surface area contributed by atoms with Gasteiger partial charge in [-0.25, -0.2) is 0 Å². The average molecular weight is 246 g/mol. The molecule has 3 heteroatoms. The van der Waals surface area contributed by atoms with Crippen LogP contribution in [0.15, 0.2) is 18.2 Å². The van der Waals surface area contributed by atoms with Crippen molar-refractivity contribution in [2.24, 2.45) is 5.92 Å². The van der Waals surface area contributed by atoms with Crippen LogP contribution >= 0.6 is 0 Å². The fourth-order valence-electron chi connectivity index (χ4n) is 3.62. The molecule has 1 aliphatic heterocycles. The molecule has 0 bridgehead atoms. The summed E-state index contributed by atoms with van der Waals surface area (Å²) in [5.41, 5.74) is 8.00. The van der Waals surface area contributed by atoms with E-state index in [4.69, 9.17) is 10.5 Å². The minimum absolute atomic E-state index is 0.727. The highest BCUT2D eigenvalue weighted by atomic mass is 16.5. The van der Waals surface area contributed by atoms with Crippen LogP contribution in [0.3, 0.4) is 0 Å². The summed E-state index contributed by atoms with van der Waals surface area (Å²) in [6.45, 7) is 1.17. The van der Waals surface area contributed by atoms with Crippen molar-refractivity contribution in [2.45, 2.75) is 38.1 Å². The van der Waals surface area contributed by atoms with Gasteiger partial charge in [0, 0.05) is 36.1 Å². The smallest absolute Gasteiger partial charge is 0.122 e. The van der Waals surface area contributed by atoms with Gasteiger partial charge in [-0.3, -0.25) is 0 Å². The molecule has 3 rings (SSSR count). The Hall–Kier alpha value is -1.38. The number of nitrogen functional groups attached to an aromatic ring is 1. The Morgan fingerprint density at radius 2 is 2.00 bits per heavy atom. The number of nitrogens with two attached hydrogens (primary N) is 1. The SMILES string of the molecule is COc1cc(N)cc(N2CCC3CCCCC32)c1. The Kier molecular flexibility index (Phi) is 3.06. The molecule has 2 aliphatic rings. The van der Waals surface area contributed by atoms with Gasteiger partial charge in [-0.05, 0) is 31.2 Å². The number of anilines is 2. The Bertz CT molecular complexity index is 433. The highest BCUT2D eigenvalue weighted by Crippen LogP contribution is 2.40. The zero-order valence-corrected chi connectivity index (χ0v) is 11.1. The second kappa shape index (κ2) is 4.71. The maximum absolute atomic E-state index is 5.96. The lowest BCUT2D eigenvalue weighted by atomic mass is 9.85. The lowest BCUT2D eigenvalue weighted by molar-refractivity contribution is 0.342. The van der Waals surface area contributed by atoms with E-state index in [-0.39, 0.29) is 0 Å². The maximum atomic E-state index is 5.96. The Balaban J connectivity index is 1.88. The quantitative estimate of drug-likeness (QED) is 0.815. The molecule has 0 aromatic heterocycles. The molecule has 98 valence electrons. The molecule has 2 atom stereocenters. The predicted molar refractivity (Wildman–Crippen MR) is 75.1 cm³/mol. The van der Waals surface area contributed by atoms with Gasteiger partial charge in [-0.2, -0.15) is 0 Å². The summed E-state index contributed by atoms with van der Waals surface area (Å²) < 4.78 is 5.32. The first-order valence-corrected chi connectivity index (χ1v) is 6.99. The van der Waals surface area contributed by atoms with Crippen LogP contribution in [-0.2, 0) is 0 Å². The van der Waals surface area contributed by atoms with Crippen LogP contribution in [0.4, 0.5) is 11.4 Å². The highest BCUT2D eigenvalue weighted by Gasteiger charge is 2.35. The van der Waals surface area contributed by atoms with Crippen LogP contribution in [0.2, 0.25) is 0 Å². The summed E-state index contributed by atoms with van der Waals surface area (Å²) in [7, 11) is 1.70. The van der Waals surface area contributed by atoms with E-state index in [1.807, 2.05) is 6.07 Å². The normalized spacial score (nSPS) is 27.1. The summed E-state index contributed by atoms with van der Waals surface area (Å²) >= 11 is 0. The fraction of sp³-hybridized carbons (Fsp3) is 0.600. The van der Waals surface area contributed by atoms with E-state index in [0.29, 0.717) is 0 Å². The van der Waals surface area contributed by atoms with Gasteiger partial charge < -0.3 is 15.4 Å². The van der Waals surface area contributed by atoms with Crippen molar-refractivity contribution in [2.75, 3.05) is 24.3 Å². The van der Waals surface area contributed by atoms with E-state index in [1.54, 1.807) is 7.11 Å². The van der Waals surface area contributed by atoms with Crippen LogP contribution in [-0.4, -0.2) is 19.7 Å². The molecule has 1 heterocycles. The average Bonchev–Trinajstić information content (AvgIpc) is 2.81. The van der Waals surface area contributed by atoms with Gasteiger partial charge in [-0.1, -0.05) is 12.8 Å². The molecular formula is C15H22N2O. The zero-order valence-electron chi connectivity index (χ0n) is 11.1. The number of fused-ring (bicyclic) bond motifs is 1. The Morgan fingerprint density at radius 3 is 2.83 bits per heavy atom. The molecule has 2 fully saturated rings. The second-order valence-corrected chi connectivity index (χ2v) is 5.56. The second-order valence-electron chi connectivity index (χ2n) is 5.56. The minimum atomic E-state index is 0.727. The molecule has 0 spiro atoms. The number of hydrogen-bond acceptors (Lipinski definition) is 3. The molecule has 1 saturated heterocycles. The molecule has 0 radical (unpaired) electrons. The maximum Gasteiger partial charge on any atom is 0.122 e. The van der Waals surface area contributed by atoms with E-state index in [9.17, 15) is 0 Å². The molecule has 0 amide bonds. The number of ether oxygens (including phenoxy) is 1. The van der Waals surface area contributed by atoms with Gasteiger partial charge in [-0.15, -0.1) is 0 Å². The number of nitrogens with zero attached hydrogens (tertiary/aromatic N) is 1. The Morgan fingerprint density at radius 1 is 1.17 bits per heavy atom.